The van der Waals surface area contributed by atoms with E-state index in [-0.39, 0.29) is 11.9 Å². The Morgan fingerprint density at radius 1 is 1.47 bits per heavy atom. The number of rotatable bonds is 4. The van der Waals surface area contributed by atoms with Crippen molar-refractivity contribution in [1.82, 2.24) is 4.90 Å². The van der Waals surface area contributed by atoms with Gasteiger partial charge in [-0.2, -0.15) is 0 Å². The summed E-state index contributed by atoms with van der Waals surface area (Å²) >= 11 is 0. The lowest BCUT2D eigenvalue weighted by molar-refractivity contribution is 0.113. The number of hydrogen-bond acceptors (Lipinski definition) is 2. The minimum Gasteiger partial charge on any atom is -0.329 e. The summed E-state index contributed by atoms with van der Waals surface area (Å²) in [6.07, 6.45) is 3.83. The lowest BCUT2D eigenvalue weighted by Gasteiger charge is -2.40. The Kier molecular flexibility index (Phi) is 3.79. The monoisotopic (exact) mass is 236 g/mol. The van der Waals surface area contributed by atoms with E-state index in [9.17, 15) is 4.39 Å². The molecule has 2 N–H and O–H groups in total. The number of halogens is 1. The second kappa shape index (κ2) is 5.15. The summed E-state index contributed by atoms with van der Waals surface area (Å²) in [5, 5.41) is 0. The largest absolute Gasteiger partial charge is 0.329 e. The zero-order chi connectivity index (χ0) is 12.4. The average Bonchev–Trinajstić information content (AvgIpc) is 2.22. The smallest absolute Gasteiger partial charge is 0.126 e. The van der Waals surface area contributed by atoms with Gasteiger partial charge < -0.3 is 5.73 Å². The molecular formula is C14H21FN2. The van der Waals surface area contributed by atoms with Crippen molar-refractivity contribution in [3.63, 3.8) is 0 Å². The quantitative estimate of drug-likeness (QED) is 0.870. The van der Waals surface area contributed by atoms with Gasteiger partial charge in [0.15, 0.2) is 0 Å². The van der Waals surface area contributed by atoms with Crippen LogP contribution in [-0.2, 0) is 0 Å². The Labute approximate surface area is 103 Å². The molecule has 3 heteroatoms. The molecule has 0 amide bonds. The molecule has 94 valence electrons. The van der Waals surface area contributed by atoms with E-state index in [2.05, 4.69) is 11.9 Å². The van der Waals surface area contributed by atoms with Crippen LogP contribution >= 0.6 is 0 Å². The van der Waals surface area contributed by atoms with Gasteiger partial charge in [-0.25, -0.2) is 4.39 Å². The summed E-state index contributed by atoms with van der Waals surface area (Å²) in [5.74, 6) is -0.143. The van der Waals surface area contributed by atoms with Crippen LogP contribution in [0.15, 0.2) is 18.2 Å². The zero-order valence-electron chi connectivity index (χ0n) is 10.6. The van der Waals surface area contributed by atoms with Crippen LogP contribution in [-0.4, -0.2) is 24.5 Å². The van der Waals surface area contributed by atoms with E-state index in [1.807, 2.05) is 12.1 Å². The molecule has 1 aromatic rings. The van der Waals surface area contributed by atoms with Crippen molar-refractivity contribution in [2.24, 2.45) is 5.73 Å². The first-order chi connectivity index (χ1) is 8.13. The highest BCUT2D eigenvalue weighted by Gasteiger charge is 2.27. The third-order valence-corrected chi connectivity index (χ3v) is 3.93. The molecule has 0 heterocycles. The molecule has 0 bridgehead atoms. The Hall–Kier alpha value is -0.930. The van der Waals surface area contributed by atoms with Gasteiger partial charge in [0.25, 0.3) is 0 Å². The standard InChI is InChI=1S/C14H21FN2/c1-10-8-11(6-7-13(10)15)14(9-16)17(2)12-4-3-5-12/h6-8,12,14H,3-5,9,16H2,1-2H3. The van der Waals surface area contributed by atoms with Gasteiger partial charge in [-0.15, -0.1) is 0 Å². The van der Waals surface area contributed by atoms with Crippen molar-refractivity contribution >= 4 is 0 Å². The molecule has 0 spiro atoms. The lowest BCUT2D eigenvalue weighted by Crippen LogP contribution is -2.42. The molecule has 17 heavy (non-hydrogen) atoms. The molecule has 1 atom stereocenters. The number of nitrogens with two attached hydrogens (primary N) is 1. The van der Waals surface area contributed by atoms with Gasteiger partial charge in [0.05, 0.1) is 0 Å². The van der Waals surface area contributed by atoms with Crippen LogP contribution in [0, 0.1) is 12.7 Å². The fourth-order valence-electron chi connectivity index (χ4n) is 2.46. The van der Waals surface area contributed by atoms with E-state index in [0.29, 0.717) is 18.2 Å². The summed E-state index contributed by atoms with van der Waals surface area (Å²) in [6, 6.07) is 6.17. The van der Waals surface area contributed by atoms with Gasteiger partial charge in [0.2, 0.25) is 0 Å². The Morgan fingerprint density at radius 2 is 2.18 bits per heavy atom. The van der Waals surface area contributed by atoms with Gasteiger partial charge in [-0.1, -0.05) is 18.6 Å². The number of aryl methyl sites for hydroxylation is 1. The van der Waals surface area contributed by atoms with Crippen molar-refractivity contribution in [2.75, 3.05) is 13.6 Å². The van der Waals surface area contributed by atoms with Crippen molar-refractivity contribution in [3.05, 3.63) is 35.1 Å². The molecule has 0 aromatic heterocycles. The fraction of sp³-hybridized carbons (Fsp3) is 0.571. The van der Waals surface area contributed by atoms with Crippen LogP contribution in [0.25, 0.3) is 0 Å². The van der Waals surface area contributed by atoms with Gasteiger partial charge in [0.1, 0.15) is 5.82 Å². The third-order valence-electron chi connectivity index (χ3n) is 3.93. The first kappa shape index (κ1) is 12.5. The second-order valence-corrected chi connectivity index (χ2v) is 5.01. The number of nitrogens with zero attached hydrogens (tertiary/aromatic N) is 1. The maximum absolute atomic E-state index is 13.3. The lowest BCUT2D eigenvalue weighted by atomic mass is 9.89. The van der Waals surface area contributed by atoms with Crippen LogP contribution in [0.1, 0.15) is 36.4 Å². The second-order valence-electron chi connectivity index (χ2n) is 5.01. The maximum Gasteiger partial charge on any atom is 0.126 e. The molecule has 2 nitrogen and oxygen atoms in total. The minimum absolute atomic E-state index is 0.143. The molecule has 0 radical (unpaired) electrons. The van der Waals surface area contributed by atoms with E-state index in [1.165, 1.54) is 19.3 Å². The van der Waals surface area contributed by atoms with E-state index >= 15 is 0 Å². The Morgan fingerprint density at radius 3 is 2.65 bits per heavy atom. The Balaban J connectivity index is 2.18. The zero-order valence-corrected chi connectivity index (χ0v) is 10.6. The Bertz CT molecular complexity index is 388. The van der Waals surface area contributed by atoms with Crippen LogP contribution in [0.3, 0.4) is 0 Å². The number of hydrogen-bond donors (Lipinski definition) is 1. The summed E-state index contributed by atoms with van der Waals surface area (Å²) in [4.78, 5) is 2.34. The SMILES string of the molecule is Cc1cc(C(CN)N(C)C2CCC2)ccc1F. The summed E-state index contributed by atoms with van der Waals surface area (Å²) in [5.41, 5.74) is 7.70. The predicted octanol–water partition coefficient (Wildman–Crippen LogP) is 2.62. The number of likely N-dealkylation sites (N-methyl/N-ethyl adjacent to an activating group) is 1. The van der Waals surface area contributed by atoms with E-state index in [0.717, 1.165) is 5.56 Å². The van der Waals surface area contributed by atoms with Crippen molar-refractivity contribution < 1.29 is 4.39 Å². The highest BCUT2D eigenvalue weighted by molar-refractivity contribution is 5.27. The van der Waals surface area contributed by atoms with Gasteiger partial charge in [0, 0.05) is 18.6 Å². The third kappa shape index (κ3) is 2.50. The van der Waals surface area contributed by atoms with Crippen LogP contribution < -0.4 is 5.73 Å². The molecule has 1 saturated carbocycles. The normalized spacial score (nSPS) is 18.2. The highest BCUT2D eigenvalue weighted by Crippen LogP contribution is 2.30. The summed E-state index contributed by atoms with van der Waals surface area (Å²) < 4.78 is 13.3. The molecule has 1 fully saturated rings. The molecule has 1 aromatic carbocycles. The van der Waals surface area contributed by atoms with E-state index in [4.69, 9.17) is 5.73 Å². The first-order valence-electron chi connectivity index (χ1n) is 6.31. The summed E-state index contributed by atoms with van der Waals surface area (Å²) in [7, 11) is 2.13. The minimum atomic E-state index is -0.143. The molecule has 1 aliphatic carbocycles. The van der Waals surface area contributed by atoms with Crippen LogP contribution in [0.2, 0.25) is 0 Å². The predicted molar refractivity (Wildman–Crippen MR) is 68.3 cm³/mol. The van der Waals surface area contributed by atoms with Crippen LogP contribution in [0.4, 0.5) is 4.39 Å². The first-order valence-corrected chi connectivity index (χ1v) is 6.31. The van der Waals surface area contributed by atoms with Crippen molar-refractivity contribution in [2.45, 2.75) is 38.3 Å². The molecule has 2 rings (SSSR count). The van der Waals surface area contributed by atoms with Crippen molar-refractivity contribution in [1.29, 1.82) is 0 Å². The van der Waals surface area contributed by atoms with Crippen LogP contribution in [0.5, 0.6) is 0 Å². The molecule has 1 aliphatic rings. The van der Waals surface area contributed by atoms with E-state index in [1.54, 1.807) is 13.0 Å². The molecular weight excluding hydrogens is 215 g/mol. The van der Waals surface area contributed by atoms with Gasteiger partial charge in [-0.3, -0.25) is 4.90 Å². The molecule has 1 unspecified atom stereocenters. The topological polar surface area (TPSA) is 29.3 Å². The number of benzene rings is 1. The molecule has 0 saturated heterocycles. The van der Waals surface area contributed by atoms with E-state index < -0.39 is 0 Å². The molecule has 0 aliphatic heterocycles. The van der Waals surface area contributed by atoms with Crippen molar-refractivity contribution in [3.8, 4) is 0 Å². The fourth-order valence-corrected chi connectivity index (χ4v) is 2.46. The van der Waals surface area contributed by atoms with Gasteiger partial charge >= 0.3 is 0 Å². The summed E-state index contributed by atoms with van der Waals surface area (Å²) in [6.45, 7) is 2.38. The average molecular weight is 236 g/mol. The van der Waals surface area contributed by atoms with Gasteiger partial charge in [-0.05, 0) is 44.0 Å². The highest BCUT2D eigenvalue weighted by atomic mass is 19.1. The maximum atomic E-state index is 13.3.